The lowest BCUT2D eigenvalue weighted by molar-refractivity contribution is -0.0181. The molecule has 1 N–H and O–H groups in total. The Labute approximate surface area is 210 Å². The van der Waals surface area contributed by atoms with Gasteiger partial charge in [-0.2, -0.15) is 9.97 Å². The maximum Gasteiger partial charge on any atom is 0.268 e. The number of fused-ring (bicyclic) bond motifs is 1. The van der Waals surface area contributed by atoms with E-state index in [-0.39, 0.29) is 23.3 Å². The van der Waals surface area contributed by atoms with Gasteiger partial charge in [0.1, 0.15) is 22.4 Å². The Bertz CT molecular complexity index is 1490. The quantitative estimate of drug-likeness (QED) is 0.435. The molecule has 36 heavy (non-hydrogen) atoms. The summed E-state index contributed by atoms with van der Waals surface area (Å²) >= 11 is 1.35. The molecule has 5 rings (SSSR count). The first-order chi connectivity index (χ1) is 17.2. The van der Waals surface area contributed by atoms with Gasteiger partial charge in [0.05, 0.1) is 18.3 Å². The smallest absolute Gasteiger partial charge is 0.268 e. The largest absolute Gasteiger partial charge is 0.367 e. The highest BCUT2D eigenvalue weighted by Crippen LogP contribution is 2.37. The third-order valence-electron chi connectivity index (χ3n) is 5.89. The molecule has 4 aromatic rings. The molecule has 4 heterocycles. The SMILES string of the molecule is CNn1cc(C2CN(c3nc(-c4ccc(F)cc4F)c4sc(N(C)C)nc4n3)CC(C)O2)ccc1=O. The van der Waals surface area contributed by atoms with Gasteiger partial charge in [-0.1, -0.05) is 11.3 Å². The van der Waals surface area contributed by atoms with E-state index >= 15 is 0 Å². The first kappa shape index (κ1) is 24.1. The summed E-state index contributed by atoms with van der Waals surface area (Å²) in [5.74, 6) is -0.991. The molecular weight excluding hydrogens is 488 g/mol. The molecule has 3 aromatic heterocycles. The number of pyridine rings is 1. The molecule has 188 valence electrons. The van der Waals surface area contributed by atoms with Crippen molar-refractivity contribution in [2.24, 2.45) is 0 Å². The number of hydrogen-bond acceptors (Lipinski definition) is 9. The van der Waals surface area contributed by atoms with Crippen LogP contribution >= 0.6 is 11.3 Å². The third-order valence-corrected chi connectivity index (χ3v) is 7.11. The summed E-state index contributed by atoms with van der Waals surface area (Å²) in [7, 11) is 5.39. The molecule has 0 saturated carbocycles. The lowest BCUT2D eigenvalue weighted by atomic mass is 10.1. The number of halogens is 2. The zero-order valence-electron chi connectivity index (χ0n) is 20.2. The highest BCUT2D eigenvalue weighted by atomic mass is 32.1. The molecule has 9 nitrogen and oxygen atoms in total. The fraction of sp³-hybridized carbons (Fsp3) is 0.333. The van der Waals surface area contributed by atoms with Crippen LogP contribution < -0.4 is 20.8 Å². The van der Waals surface area contributed by atoms with E-state index in [0.717, 1.165) is 11.6 Å². The Morgan fingerprint density at radius 3 is 2.67 bits per heavy atom. The van der Waals surface area contributed by atoms with Crippen molar-refractivity contribution < 1.29 is 13.5 Å². The predicted octanol–water partition coefficient (Wildman–Crippen LogP) is 3.40. The standard InChI is InChI=1S/C24H25F2N7O2S/c1-13-10-32(12-18(35-13)14-5-8-19(34)33(11-14)27-2)23-28-20(16-7-6-15(25)9-17(16)26)21-22(29-23)30-24(36-21)31(3)4/h5-9,11,13,18,27H,10,12H2,1-4H3. The van der Waals surface area contributed by atoms with Crippen LogP contribution in [0.2, 0.25) is 0 Å². The van der Waals surface area contributed by atoms with Gasteiger partial charge in [-0.15, -0.1) is 0 Å². The minimum absolute atomic E-state index is 0.170. The number of benzene rings is 1. The van der Waals surface area contributed by atoms with Gasteiger partial charge in [0.2, 0.25) is 5.95 Å². The second-order valence-corrected chi connectivity index (χ2v) is 9.75. The van der Waals surface area contributed by atoms with Crippen LogP contribution in [0.3, 0.4) is 0 Å². The topological polar surface area (TPSA) is 88.4 Å². The van der Waals surface area contributed by atoms with E-state index in [0.29, 0.717) is 40.2 Å². The number of aromatic nitrogens is 4. The zero-order chi connectivity index (χ0) is 25.6. The first-order valence-corrected chi connectivity index (χ1v) is 12.2. The van der Waals surface area contributed by atoms with Crippen LogP contribution in [0.1, 0.15) is 18.6 Å². The fourth-order valence-corrected chi connectivity index (χ4v) is 5.10. The van der Waals surface area contributed by atoms with Crippen molar-refractivity contribution in [3.8, 4) is 11.3 Å². The summed E-state index contributed by atoms with van der Waals surface area (Å²) in [6.45, 7) is 2.86. The second-order valence-electron chi connectivity index (χ2n) is 8.77. The Morgan fingerprint density at radius 2 is 1.94 bits per heavy atom. The molecule has 1 fully saturated rings. The summed E-state index contributed by atoms with van der Waals surface area (Å²) in [6.07, 6.45) is 1.18. The summed E-state index contributed by atoms with van der Waals surface area (Å²) in [6, 6.07) is 6.67. The molecule has 0 aliphatic carbocycles. The molecule has 2 atom stereocenters. The number of hydrogen-bond donors (Lipinski definition) is 1. The van der Waals surface area contributed by atoms with E-state index in [9.17, 15) is 13.6 Å². The van der Waals surface area contributed by atoms with Gasteiger partial charge in [-0.25, -0.2) is 18.4 Å². The van der Waals surface area contributed by atoms with Crippen LogP contribution in [-0.4, -0.2) is 60.0 Å². The number of nitrogens with one attached hydrogen (secondary N) is 1. The van der Waals surface area contributed by atoms with E-state index in [1.165, 1.54) is 34.2 Å². The number of anilines is 2. The lowest BCUT2D eigenvalue weighted by Crippen LogP contribution is -2.44. The van der Waals surface area contributed by atoms with Crippen molar-refractivity contribution >= 4 is 32.8 Å². The van der Waals surface area contributed by atoms with Crippen LogP contribution in [0.15, 0.2) is 41.3 Å². The number of morpholine rings is 1. The van der Waals surface area contributed by atoms with Gasteiger partial charge in [0.15, 0.2) is 10.8 Å². The van der Waals surface area contributed by atoms with E-state index in [1.807, 2.05) is 30.8 Å². The van der Waals surface area contributed by atoms with E-state index in [4.69, 9.17) is 14.7 Å². The molecule has 1 aliphatic heterocycles. The molecule has 1 aromatic carbocycles. The predicted molar refractivity (Wildman–Crippen MR) is 136 cm³/mol. The Balaban J connectivity index is 1.60. The number of thiazole rings is 1. The Morgan fingerprint density at radius 1 is 1.14 bits per heavy atom. The van der Waals surface area contributed by atoms with Gasteiger partial charge in [0.25, 0.3) is 5.56 Å². The molecule has 0 amide bonds. The first-order valence-electron chi connectivity index (χ1n) is 11.4. The molecule has 1 aliphatic rings. The Hall–Kier alpha value is -3.64. The molecule has 2 unspecified atom stereocenters. The highest BCUT2D eigenvalue weighted by molar-refractivity contribution is 7.22. The van der Waals surface area contributed by atoms with Crippen LogP contribution in [0.25, 0.3) is 21.6 Å². The van der Waals surface area contributed by atoms with Crippen molar-refractivity contribution in [2.45, 2.75) is 19.1 Å². The molecule has 12 heteroatoms. The summed E-state index contributed by atoms with van der Waals surface area (Å²) in [4.78, 5) is 29.9. The Kier molecular flexibility index (Phi) is 6.31. The molecular formula is C24H25F2N7O2S. The monoisotopic (exact) mass is 513 g/mol. The van der Waals surface area contributed by atoms with Crippen LogP contribution in [0.5, 0.6) is 0 Å². The molecule has 0 bridgehead atoms. The minimum Gasteiger partial charge on any atom is -0.367 e. The maximum absolute atomic E-state index is 14.9. The van der Waals surface area contributed by atoms with Crippen LogP contribution in [0, 0.1) is 11.6 Å². The van der Waals surface area contributed by atoms with Gasteiger partial charge in [0, 0.05) is 57.1 Å². The summed E-state index contributed by atoms with van der Waals surface area (Å²) in [5, 5.41) is 0.697. The van der Waals surface area contributed by atoms with E-state index in [2.05, 4.69) is 10.4 Å². The number of rotatable bonds is 5. The van der Waals surface area contributed by atoms with Crippen LogP contribution in [-0.2, 0) is 4.74 Å². The van der Waals surface area contributed by atoms with Gasteiger partial charge < -0.3 is 20.0 Å². The normalized spacial score (nSPS) is 18.0. The van der Waals surface area contributed by atoms with Crippen molar-refractivity contribution in [2.75, 3.05) is 49.5 Å². The van der Waals surface area contributed by atoms with E-state index in [1.54, 1.807) is 19.3 Å². The summed E-state index contributed by atoms with van der Waals surface area (Å²) in [5.41, 5.74) is 4.44. The second kappa shape index (κ2) is 9.43. The average Bonchev–Trinajstić information content (AvgIpc) is 3.28. The van der Waals surface area contributed by atoms with Gasteiger partial charge >= 0.3 is 0 Å². The van der Waals surface area contributed by atoms with Crippen LogP contribution in [0.4, 0.5) is 19.9 Å². The zero-order valence-corrected chi connectivity index (χ0v) is 21.0. The van der Waals surface area contributed by atoms with Crippen molar-refractivity contribution in [3.63, 3.8) is 0 Å². The summed E-state index contributed by atoms with van der Waals surface area (Å²) < 4.78 is 36.7. The molecule has 1 saturated heterocycles. The van der Waals surface area contributed by atoms with Crippen molar-refractivity contribution in [1.82, 2.24) is 19.6 Å². The number of ether oxygens (including phenoxy) is 1. The lowest BCUT2D eigenvalue weighted by Gasteiger charge is -2.37. The van der Waals surface area contributed by atoms with E-state index < -0.39 is 11.6 Å². The minimum atomic E-state index is -0.705. The van der Waals surface area contributed by atoms with Crippen molar-refractivity contribution in [3.05, 3.63) is 64.1 Å². The fourth-order valence-electron chi connectivity index (χ4n) is 4.17. The van der Waals surface area contributed by atoms with Gasteiger partial charge in [-0.3, -0.25) is 4.79 Å². The third kappa shape index (κ3) is 4.49. The maximum atomic E-state index is 14.9. The highest BCUT2D eigenvalue weighted by Gasteiger charge is 2.30. The molecule has 0 spiro atoms. The average molecular weight is 514 g/mol. The molecule has 0 radical (unpaired) electrons. The van der Waals surface area contributed by atoms with Crippen molar-refractivity contribution in [1.29, 1.82) is 0 Å². The number of nitrogens with zero attached hydrogens (tertiary/aromatic N) is 6. The van der Waals surface area contributed by atoms with Gasteiger partial charge in [-0.05, 0) is 25.1 Å².